The highest BCUT2D eigenvalue weighted by atomic mass is 35.5. The van der Waals surface area contributed by atoms with E-state index in [1.165, 1.54) is 0 Å². The van der Waals surface area contributed by atoms with Gasteiger partial charge < -0.3 is 10.1 Å². The Hall–Kier alpha value is -2.08. The third kappa shape index (κ3) is 4.51. The van der Waals surface area contributed by atoms with Gasteiger partial charge in [-0.2, -0.15) is 0 Å². The second-order valence-electron chi connectivity index (χ2n) is 5.95. The maximum atomic E-state index is 12.4. The van der Waals surface area contributed by atoms with Crippen LogP contribution in [0.5, 0.6) is 5.75 Å². The molecule has 2 unspecified atom stereocenters. The van der Waals surface area contributed by atoms with Gasteiger partial charge in [0.1, 0.15) is 11.8 Å². The molecule has 0 spiro atoms. The van der Waals surface area contributed by atoms with Crippen LogP contribution in [0.3, 0.4) is 0 Å². The van der Waals surface area contributed by atoms with Crippen LogP contribution in [0.15, 0.2) is 48.5 Å². The first-order chi connectivity index (χ1) is 12.2. The van der Waals surface area contributed by atoms with Gasteiger partial charge in [0, 0.05) is 17.6 Å². The summed E-state index contributed by atoms with van der Waals surface area (Å²) in [5.74, 6) is 0.776. The van der Waals surface area contributed by atoms with Crippen LogP contribution in [0.25, 0.3) is 0 Å². The highest BCUT2D eigenvalue weighted by Crippen LogP contribution is 2.28. The number of hydrazine groups is 1. The lowest BCUT2D eigenvalue weighted by atomic mass is 10.0. The van der Waals surface area contributed by atoms with Crippen molar-refractivity contribution in [2.45, 2.75) is 32.0 Å². The van der Waals surface area contributed by atoms with Gasteiger partial charge in [0.05, 0.1) is 6.61 Å². The number of ether oxygens (including phenoxy) is 1. The molecule has 2 aromatic rings. The average molecular weight is 360 g/mol. The van der Waals surface area contributed by atoms with Gasteiger partial charge in [-0.3, -0.25) is 4.79 Å². The van der Waals surface area contributed by atoms with Crippen molar-refractivity contribution in [3.8, 4) is 5.75 Å². The van der Waals surface area contributed by atoms with Gasteiger partial charge in [0.15, 0.2) is 0 Å². The molecule has 0 radical (unpaired) electrons. The Bertz CT molecular complexity index is 738. The largest absolute Gasteiger partial charge is 0.494 e. The number of carbonyl (C=O) groups excluding carboxylic acids is 1. The summed E-state index contributed by atoms with van der Waals surface area (Å²) in [4.78, 5) is 12.4. The zero-order valence-corrected chi connectivity index (χ0v) is 14.8. The summed E-state index contributed by atoms with van der Waals surface area (Å²) in [6, 6.07) is 15.1. The second kappa shape index (κ2) is 8.34. The minimum atomic E-state index is -0.295. The number of halogens is 1. The molecule has 5 nitrogen and oxygen atoms in total. The quantitative estimate of drug-likeness (QED) is 0.742. The summed E-state index contributed by atoms with van der Waals surface area (Å²) in [7, 11) is 0. The summed E-state index contributed by atoms with van der Waals surface area (Å²) in [5, 5.41) is 3.67. The van der Waals surface area contributed by atoms with Gasteiger partial charge in [0.25, 0.3) is 0 Å². The van der Waals surface area contributed by atoms with Crippen molar-refractivity contribution in [1.29, 1.82) is 0 Å². The lowest BCUT2D eigenvalue weighted by Gasteiger charge is -2.12. The fourth-order valence-corrected chi connectivity index (χ4v) is 3.18. The highest BCUT2D eigenvalue weighted by Gasteiger charge is 2.30. The number of hydrogen-bond donors (Lipinski definition) is 3. The Balaban J connectivity index is 1.54. The summed E-state index contributed by atoms with van der Waals surface area (Å²) in [5.41, 5.74) is 8.21. The molecule has 2 atom stereocenters. The van der Waals surface area contributed by atoms with E-state index in [0.29, 0.717) is 24.6 Å². The summed E-state index contributed by atoms with van der Waals surface area (Å²) >= 11 is 6.23. The van der Waals surface area contributed by atoms with Crippen molar-refractivity contribution in [2.75, 3.05) is 6.61 Å². The van der Waals surface area contributed by atoms with Gasteiger partial charge in [-0.15, -0.1) is 0 Å². The van der Waals surface area contributed by atoms with Crippen LogP contribution in [0.4, 0.5) is 0 Å². The second-order valence-corrected chi connectivity index (χ2v) is 6.36. The van der Waals surface area contributed by atoms with Gasteiger partial charge >= 0.3 is 0 Å². The molecule has 1 aliphatic rings. The summed E-state index contributed by atoms with van der Waals surface area (Å²) in [6.07, 6.45) is 0.647. The van der Waals surface area contributed by atoms with E-state index >= 15 is 0 Å². The van der Waals surface area contributed by atoms with Gasteiger partial charge in [-0.1, -0.05) is 41.9 Å². The molecule has 1 aliphatic heterocycles. The van der Waals surface area contributed by atoms with Crippen molar-refractivity contribution < 1.29 is 9.53 Å². The Morgan fingerprint density at radius 2 is 2.08 bits per heavy atom. The molecule has 1 fully saturated rings. The van der Waals surface area contributed by atoms with E-state index in [2.05, 4.69) is 16.2 Å². The van der Waals surface area contributed by atoms with Gasteiger partial charge in [-0.25, -0.2) is 10.9 Å². The number of benzene rings is 2. The lowest BCUT2D eigenvalue weighted by molar-refractivity contribution is -0.123. The van der Waals surface area contributed by atoms with E-state index in [-0.39, 0.29) is 18.0 Å². The van der Waals surface area contributed by atoms with Crippen LogP contribution in [-0.2, 0) is 11.3 Å². The molecule has 0 aromatic heterocycles. The Morgan fingerprint density at radius 3 is 2.88 bits per heavy atom. The first kappa shape index (κ1) is 17.7. The highest BCUT2D eigenvalue weighted by molar-refractivity contribution is 6.31. The molecule has 25 heavy (non-hydrogen) atoms. The monoisotopic (exact) mass is 359 g/mol. The van der Waals surface area contributed by atoms with Crippen molar-refractivity contribution in [2.24, 2.45) is 0 Å². The van der Waals surface area contributed by atoms with Gasteiger partial charge in [-0.05, 0) is 42.7 Å². The molecule has 3 rings (SSSR count). The molecule has 0 aliphatic carbocycles. The van der Waals surface area contributed by atoms with Crippen LogP contribution in [0.1, 0.15) is 30.5 Å². The molecule has 1 heterocycles. The number of hydrogen-bond acceptors (Lipinski definition) is 4. The normalized spacial score (nSPS) is 19.6. The zero-order valence-electron chi connectivity index (χ0n) is 14.1. The third-order valence-corrected chi connectivity index (χ3v) is 4.52. The zero-order chi connectivity index (χ0) is 17.6. The third-order valence-electron chi connectivity index (χ3n) is 4.18. The summed E-state index contributed by atoms with van der Waals surface area (Å²) in [6.45, 7) is 3.04. The van der Waals surface area contributed by atoms with Crippen LogP contribution < -0.4 is 20.9 Å². The van der Waals surface area contributed by atoms with E-state index in [4.69, 9.17) is 16.3 Å². The minimum absolute atomic E-state index is 0.0192. The molecule has 0 bridgehead atoms. The van der Waals surface area contributed by atoms with Crippen molar-refractivity contribution in [3.63, 3.8) is 0 Å². The molecule has 0 saturated carbocycles. The van der Waals surface area contributed by atoms with E-state index in [0.717, 1.165) is 16.9 Å². The molecule has 3 N–H and O–H groups in total. The summed E-state index contributed by atoms with van der Waals surface area (Å²) < 4.78 is 5.48. The van der Waals surface area contributed by atoms with Crippen LogP contribution in [-0.4, -0.2) is 18.6 Å². The smallest absolute Gasteiger partial charge is 0.238 e. The first-order valence-corrected chi connectivity index (χ1v) is 8.80. The maximum Gasteiger partial charge on any atom is 0.238 e. The average Bonchev–Trinajstić information content (AvgIpc) is 3.11. The Labute approximate surface area is 152 Å². The molecule has 6 heteroatoms. The number of rotatable bonds is 6. The minimum Gasteiger partial charge on any atom is -0.494 e. The van der Waals surface area contributed by atoms with Crippen LogP contribution >= 0.6 is 11.6 Å². The Kier molecular flexibility index (Phi) is 5.91. The number of carbonyl (C=O) groups is 1. The van der Waals surface area contributed by atoms with Crippen LogP contribution in [0.2, 0.25) is 5.02 Å². The lowest BCUT2D eigenvalue weighted by Crippen LogP contribution is -2.42. The van der Waals surface area contributed by atoms with Gasteiger partial charge in [0.2, 0.25) is 5.91 Å². The first-order valence-electron chi connectivity index (χ1n) is 8.42. The molecule has 2 aromatic carbocycles. The molecular formula is C19H22ClN3O2. The van der Waals surface area contributed by atoms with Crippen molar-refractivity contribution >= 4 is 17.5 Å². The SMILES string of the molecule is CCOc1cccc(CNC(=O)C2CC(c3ccccc3Cl)NN2)c1. The molecule has 1 saturated heterocycles. The molecule has 132 valence electrons. The van der Waals surface area contributed by atoms with Crippen molar-refractivity contribution in [3.05, 3.63) is 64.7 Å². The number of amides is 1. The van der Waals surface area contributed by atoms with E-state index in [1.54, 1.807) is 0 Å². The van der Waals surface area contributed by atoms with E-state index in [9.17, 15) is 4.79 Å². The predicted molar refractivity (Wildman–Crippen MR) is 98.3 cm³/mol. The standard InChI is InChI=1S/C19H22ClN3O2/c1-2-25-14-7-5-6-13(10-14)12-21-19(24)18-11-17(22-23-18)15-8-3-4-9-16(15)20/h3-10,17-18,22-23H,2,11-12H2,1H3,(H,21,24). The Morgan fingerprint density at radius 1 is 1.24 bits per heavy atom. The fourth-order valence-electron chi connectivity index (χ4n) is 2.91. The molecular weight excluding hydrogens is 338 g/mol. The number of nitrogens with one attached hydrogen (secondary N) is 3. The van der Waals surface area contributed by atoms with E-state index < -0.39 is 0 Å². The maximum absolute atomic E-state index is 12.4. The van der Waals surface area contributed by atoms with Crippen molar-refractivity contribution in [1.82, 2.24) is 16.2 Å². The topological polar surface area (TPSA) is 62.4 Å². The van der Waals surface area contributed by atoms with Crippen LogP contribution in [0, 0.1) is 0 Å². The fraction of sp³-hybridized carbons (Fsp3) is 0.316. The van der Waals surface area contributed by atoms with E-state index in [1.807, 2.05) is 55.5 Å². The predicted octanol–water partition coefficient (Wildman–Crippen LogP) is 2.96. The molecule has 1 amide bonds.